The molecule has 0 saturated heterocycles. The highest BCUT2D eigenvalue weighted by molar-refractivity contribution is 5.84. The highest BCUT2D eigenvalue weighted by Crippen LogP contribution is 2.62. The average Bonchev–Trinajstić information content (AvgIpc) is 3.13. The highest BCUT2D eigenvalue weighted by Gasteiger charge is 2.57. The number of carbonyl (C=O) groups excluding carboxylic acids is 1. The van der Waals surface area contributed by atoms with Crippen LogP contribution >= 0.6 is 0 Å². The van der Waals surface area contributed by atoms with E-state index in [1.807, 2.05) is 0 Å². The van der Waals surface area contributed by atoms with Gasteiger partial charge in [-0.3, -0.25) is 9.78 Å². The van der Waals surface area contributed by atoms with Gasteiger partial charge in [0, 0.05) is 23.4 Å². The van der Waals surface area contributed by atoms with Crippen molar-refractivity contribution in [3.05, 3.63) is 23.5 Å². The van der Waals surface area contributed by atoms with E-state index in [1.165, 1.54) is 0 Å². The minimum absolute atomic E-state index is 0.0262. The lowest BCUT2D eigenvalue weighted by Gasteiger charge is -2.39. The molecule has 1 aromatic heterocycles. The van der Waals surface area contributed by atoms with E-state index in [0.29, 0.717) is 23.3 Å². The second kappa shape index (κ2) is 5.97. The molecule has 4 rings (SSSR count). The van der Waals surface area contributed by atoms with E-state index in [4.69, 9.17) is 4.74 Å². The molecule has 3 aliphatic rings. The molecule has 0 spiro atoms. The predicted octanol–water partition coefficient (Wildman–Crippen LogP) is 3.98. The lowest BCUT2D eigenvalue weighted by atomic mass is 9.81. The van der Waals surface area contributed by atoms with Gasteiger partial charge in [0.2, 0.25) is 5.91 Å². The van der Waals surface area contributed by atoms with Gasteiger partial charge in [0.1, 0.15) is 24.0 Å². The number of aromatic nitrogens is 1. The molecule has 2 heterocycles. The quantitative estimate of drug-likeness (QED) is 0.806. The molecule has 2 saturated carbocycles. The molecular weight excluding hydrogens is 326 g/mol. The van der Waals surface area contributed by atoms with Crippen LogP contribution in [0, 0.1) is 22.2 Å². The second-order valence-electron chi connectivity index (χ2n) is 8.75. The zero-order chi connectivity index (χ0) is 18.5. The highest BCUT2D eigenvalue weighted by atomic mass is 16.5. The molecular formula is C21H27N3O2. The maximum atomic E-state index is 13.8. The number of hydrogen-bond acceptors (Lipinski definition) is 4. The Hall–Kier alpha value is -2.09. The van der Waals surface area contributed by atoms with E-state index in [0.717, 1.165) is 44.1 Å². The summed E-state index contributed by atoms with van der Waals surface area (Å²) in [6.07, 6.45) is 9.48. The molecule has 1 aliphatic heterocycles. The first-order valence-corrected chi connectivity index (χ1v) is 9.77. The Kier molecular flexibility index (Phi) is 3.98. The summed E-state index contributed by atoms with van der Waals surface area (Å²) in [4.78, 5) is 20.1. The smallest absolute Gasteiger partial charge is 0.229 e. The fraction of sp³-hybridized carbons (Fsp3) is 0.667. The molecule has 0 unspecified atom stereocenters. The standard InChI is InChI=1S/C21H27N3O2/c1-4-16-12-26-18-15(9-22)10-23-11-17(18)14(2)24(16)19(25)21-7-5-20(3,13-21)6-8-21/h10-11,14,16H,4-8,12-13H2,1-3H3/t14-,16+,20?,21?/m0/s1. The summed E-state index contributed by atoms with van der Waals surface area (Å²) in [6.45, 7) is 6.92. The van der Waals surface area contributed by atoms with Crippen molar-refractivity contribution in [3.8, 4) is 11.8 Å². The molecule has 2 atom stereocenters. The van der Waals surface area contributed by atoms with Crippen LogP contribution in [0.2, 0.25) is 0 Å². The molecule has 5 nitrogen and oxygen atoms in total. The molecule has 5 heteroatoms. The molecule has 0 aromatic carbocycles. The maximum absolute atomic E-state index is 13.8. The predicted molar refractivity (Wildman–Crippen MR) is 97.4 cm³/mol. The molecule has 1 aromatic rings. The van der Waals surface area contributed by atoms with Gasteiger partial charge in [0.15, 0.2) is 0 Å². The van der Waals surface area contributed by atoms with Crippen LogP contribution in [0.1, 0.15) is 76.5 Å². The Bertz CT molecular complexity index is 774. The number of hydrogen-bond donors (Lipinski definition) is 0. The minimum atomic E-state index is -0.193. The van der Waals surface area contributed by atoms with Crippen LogP contribution in [0.15, 0.2) is 12.4 Å². The van der Waals surface area contributed by atoms with Gasteiger partial charge in [-0.2, -0.15) is 5.26 Å². The van der Waals surface area contributed by atoms with Crippen LogP contribution in [0.4, 0.5) is 0 Å². The third kappa shape index (κ3) is 2.42. The number of ether oxygens (including phenoxy) is 1. The van der Waals surface area contributed by atoms with Gasteiger partial charge in [-0.05, 0) is 50.9 Å². The van der Waals surface area contributed by atoms with E-state index in [2.05, 4.69) is 36.7 Å². The molecule has 1 amide bonds. The van der Waals surface area contributed by atoms with Gasteiger partial charge in [-0.15, -0.1) is 0 Å². The van der Waals surface area contributed by atoms with Crippen molar-refractivity contribution in [2.24, 2.45) is 10.8 Å². The van der Waals surface area contributed by atoms with Crippen molar-refractivity contribution in [2.45, 2.75) is 71.4 Å². The van der Waals surface area contributed by atoms with Crippen LogP contribution in [-0.2, 0) is 4.79 Å². The molecule has 138 valence electrons. The van der Waals surface area contributed by atoms with Crippen molar-refractivity contribution < 1.29 is 9.53 Å². The molecule has 26 heavy (non-hydrogen) atoms. The van der Waals surface area contributed by atoms with Crippen LogP contribution in [-0.4, -0.2) is 28.4 Å². The SMILES string of the molecule is CC[C@@H]1COc2c(C#N)cncc2[C@H](C)N1C(=O)C12CCC(C)(CC1)C2. The monoisotopic (exact) mass is 353 g/mol. The number of amides is 1. The fourth-order valence-corrected chi connectivity index (χ4v) is 5.45. The lowest BCUT2D eigenvalue weighted by Crippen LogP contribution is -2.49. The third-order valence-electron chi connectivity index (χ3n) is 7.06. The zero-order valence-electron chi connectivity index (χ0n) is 15.9. The topological polar surface area (TPSA) is 66.2 Å². The summed E-state index contributed by atoms with van der Waals surface area (Å²) in [5.74, 6) is 0.890. The molecule has 2 bridgehead atoms. The first kappa shape index (κ1) is 17.3. The Morgan fingerprint density at radius 1 is 1.38 bits per heavy atom. The first-order valence-electron chi connectivity index (χ1n) is 9.77. The number of nitrogens with zero attached hydrogens (tertiary/aromatic N) is 3. The number of rotatable bonds is 2. The fourth-order valence-electron chi connectivity index (χ4n) is 5.45. The van der Waals surface area contributed by atoms with E-state index < -0.39 is 0 Å². The van der Waals surface area contributed by atoms with Crippen LogP contribution in [0.25, 0.3) is 0 Å². The zero-order valence-corrected chi connectivity index (χ0v) is 15.9. The Morgan fingerprint density at radius 2 is 2.12 bits per heavy atom. The van der Waals surface area contributed by atoms with Crippen molar-refractivity contribution in [1.29, 1.82) is 5.26 Å². The Balaban J connectivity index is 1.74. The van der Waals surface area contributed by atoms with Gasteiger partial charge in [-0.1, -0.05) is 13.8 Å². The second-order valence-corrected chi connectivity index (χ2v) is 8.75. The summed E-state index contributed by atoms with van der Waals surface area (Å²) in [7, 11) is 0. The van der Waals surface area contributed by atoms with Gasteiger partial charge in [-0.25, -0.2) is 0 Å². The Morgan fingerprint density at radius 3 is 2.69 bits per heavy atom. The summed E-state index contributed by atoms with van der Waals surface area (Å²) >= 11 is 0. The van der Waals surface area contributed by atoms with E-state index >= 15 is 0 Å². The van der Waals surface area contributed by atoms with Crippen LogP contribution in [0.5, 0.6) is 5.75 Å². The largest absolute Gasteiger partial charge is 0.490 e. The third-order valence-corrected chi connectivity index (χ3v) is 7.06. The first-order chi connectivity index (χ1) is 12.4. The van der Waals surface area contributed by atoms with Gasteiger partial charge < -0.3 is 9.64 Å². The number of carbonyl (C=O) groups is 1. The summed E-state index contributed by atoms with van der Waals surface area (Å²) in [6, 6.07) is 2.07. The molecule has 0 radical (unpaired) electrons. The van der Waals surface area contributed by atoms with E-state index in [-0.39, 0.29) is 23.4 Å². The maximum Gasteiger partial charge on any atom is 0.229 e. The van der Waals surface area contributed by atoms with E-state index in [9.17, 15) is 10.1 Å². The lowest BCUT2D eigenvalue weighted by molar-refractivity contribution is -0.147. The summed E-state index contributed by atoms with van der Waals surface area (Å²) < 4.78 is 6.03. The van der Waals surface area contributed by atoms with Crippen LogP contribution < -0.4 is 4.74 Å². The van der Waals surface area contributed by atoms with Crippen LogP contribution in [0.3, 0.4) is 0 Å². The van der Waals surface area contributed by atoms with Crippen molar-refractivity contribution in [3.63, 3.8) is 0 Å². The van der Waals surface area contributed by atoms with Crippen molar-refractivity contribution >= 4 is 5.91 Å². The average molecular weight is 353 g/mol. The van der Waals surface area contributed by atoms with Crippen molar-refractivity contribution in [1.82, 2.24) is 9.88 Å². The minimum Gasteiger partial charge on any atom is -0.490 e. The van der Waals surface area contributed by atoms with Gasteiger partial charge >= 0.3 is 0 Å². The molecule has 0 N–H and O–H groups in total. The number of nitriles is 1. The number of pyridine rings is 1. The molecule has 2 aliphatic carbocycles. The Labute approximate surface area is 155 Å². The van der Waals surface area contributed by atoms with Crippen molar-refractivity contribution in [2.75, 3.05) is 6.61 Å². The van der Waals surface area contributed by atoms with Gasteiger partial charge in [0.05, 0.1) is 12.1 Å². The van der Waals surface area contributed by atoms with Gasteiger partial charge in [0.25, 0.3) is 0 Å². The summed E-state index contributed by atoms with van der Waals surface area (Å²) in [5, 5.41) is 9.41. The summed E-state index contributed by atoms with van der Waals surface area (Å²) in [5.41, 5.74) is 1.45. The number of fused-ring (bicyclic) bond motifs is 3. The van der Waals surface area contributed by atoms with E-state index in [1.54, 1.807) is 12.4 Å². The molecule has 2 fully saturated rings. The normalized spacial score (nSPS) is 35.4.